The molecule has 2 saturated carbocycles. The van der Waals surface area contributed by atoms with Crippen LogP contribution in [0.3, 0.4) is 0 Å². The van der Waals surface area contributed by atoms with Gasteiger partial charge in [-0.3, -0.25) is 9.88 Å². The van der Waals surface area contributed by atoms with Crippen LogP contribution in [0, 0.1) is 35.3 Å². The van der Waals surface area contributed by atoms with Gasteiger partial charge in [-0.2, -0.15) is 9.97 Å². The first-order valence-electron chi connectivity index (χ1n) is 19.6. The van der Waals surface area contributed by atoms with Gasteiger partial charge in [0, 0.05) is 60.9 Å². The fraction of sp³-hybridized carbons (Fsp3) is 0.524. The Bertz CT molecular complexity index is 2080. The van der Waals surface area contributed by atoms with Crippen LogP contribution in [0.5, 0.6) is 11.8 Å². The average Bonchev–Trinajstić information content (AvgIpc) is 3.44. The van der Waals surface area contributed by atoms with Crippen molar-refractivity contribution >= 4 is 33.6 Å². The maximum absolute atomic E-state index is 17.0. The van der Waals surface area contributed by atoms with Gasteiger partial charge >= 0.3 is 12.1 Å². The van der Waals surface area contributed by atoms with Crippen LogP contribution < -0.4 is 15.0 Å². The summed E-state index contributed by atoms with van der Waals surface area (Å²) < 4.78 is 49.0. The van der Waals surface area contributed by atoms with Crippen molar-refractivity contribution in [2.24, 2.45) is 11.3 Å². The molecular weight excluding hydrogens is 706 g/mol. The number of methoxy groups -OCH3 is 1. The van der Waals surface area contributed by atoms with Crippen LogP contribution in [0.15, 0.2) is 30.5 Å². The van der Waals surface area contributed by atoms with Crippen LogP contribution in [-0.4, -0.2) is 96.2 Å². The molecule has 2 aromatic carbocycles. The molecule has 2 aliphatic heterocycles. The third-order valence-corrected chi connectivity index (χ3v) is 11.8. The highest BCUT2D eigenvalue weighted by atomic mass is 19.1. The van der Waals surface area contributed by atoms with E-state index >= 15 is 4.39 Å². The van der Waals surface area contributed by atoms with E-state index in [0.717, 1.165) is 64.5 Å². The maximum Gasteiger partial charge on any atom is 0.407 e. The molecule has 11 nitrogen and oxygen atoms in total. The summed E-state index contributed by atoms with van der Waals surface area (Å²) in [5.74, 6) is 1.90. The quantitative estimate of drug-likeness (QED) is 0.179. The van der Waals surface area contributed by atoms with Crippen molar-refractivity contribution in [1.82, 2.24) is 25.2 Å². The third-order valence-electron chi connectivity index (χ3n) is 11.8. The van der Waals surface area contributed by atoms with Crippen LogP contribution in [0.4, 0.5) is 19.4 Å². The summed E-state index contributed by atoms with van der Waals surface area (Å²) >= 11 is 0. The number of alkyl carbamates (subject to hydrolysis) is 1. The molecule has 1 amide bonds. The molecule has 13 heteroatoms. The van der Waals surface area contributed by atoms with Crippen molar-refractivity contribution in [2.75, 3.05) is 58.0 Å². The molecule has 2 atom stereocenters. The minimum atomic E-state index is -0.748. The number of phenolic OH excluding ortho intramolecular Hbond substituents is 1. The van der Waals surface area contributed by atoms with E-state index in [1.54, 1.807) is 0 Å². The number of aromatic hydroxyl groups is 1. The zero-order valence-electron chi connectivity index (χ0n) is 31.9. The van der Waals surface area contributed by atoms with Crippen molar-refractivity contribution in [2.45, 2.75) is 77.3 Å². The van der Waals surface area contributed by atoms with Gasteiger partial charge in [0.25, 0.3) is 0 Å². The predicted octanol–water partition coefficient (Wildman–Crippen LogP) is 7.21. The van der Waals surface area contributed by atoms with Crippen molar-refractivity contribution in [3.8, 4) is 35.4 Å². The Morgan fingerprint density at radius 3 is 2.73 bits per heavy atom. The standard InChI is InChI=1S/C40H44F2N6O5.C2H6/c1-3-28-31(41)9-8-25-19-27(49)20-29(33(25)28)35-34(42)36-30(21-43-35)37(47-13-6-15-52-16-14-47)46-38(45-36)53-23-40-10-4-7-32(40)48(12-5-11-40)22-24-17-26(18-24)44-39(50)51-2;1-2/h1,8-9,19-21,24,26,32,49H,4-7,10-18,22-23H2,2H3,(H,44,50);1-2H3. The number of hydrogen-bond acceptors (Lipinski definition) is 10. The van der Waals surface area contributed by atoms with Gasteiger partial charge in [-0.1, -0.05) is 32.3 Å². The van der Waals surface area contributed by atoms with Gasteiger partial charge in [-0.05, 0) is 81.0 Å². The number of halogens is 2. The molecule has 2 aliphatic carbocycles. The highest BCUT2D eigenvalue weighted by Gasteiger charge is 2.49. The Labute approximate surface area is 320 Å². The smallest absolute Gasteiger partial charge is 0.407 e. The Hall–Kier alpha value is -4.80. The van der Waals surface area contributed by atoms with E-state index in [1.165, 1.54) is 37.6 Å². The number of rotatable bonds is 8. The van der Waals surface area contributed by atoms with Crippen LogP contribution in [0.25, 0.3) is 32.9 Å². The van der Waals surface area contributed by atoms with Crippen LogP contribution in [-0.2, 0) is 9.47 Å². The summed E-state index contributed by atoms with van der Waals surface area (Å²) in [6, 6.07) is 6.12. The van der Waals surface area contributed by atoms with Gasteiger partial charge in [-0.25, -0.2) is 13.6 Å². The van der Waals surface area contributed by atoms with Gasteiger partial charge in [0.1, 0.15) is 28.6 Å². The zero-order valence-corrected chi connectivity index (χ0v) is 31.9. The Morgan fingerprint density at radius 2 is 1.93 bits per heavy atom. The van der Waals surface area contributed by atoms with E-state index in [9.17, 15) is 14.3 Å². The second-order valence-corrected chi connectivity index (χ2v) is 15.0. The largest absolute Gasteiger partial charge is 0.508 e. The van der Waals surface area contributed by atoms with Crippen molar-refractivity contribution < 1.29 is 32.9 Å². The van der Waals surface area contributed by atoms with Crippen molar-refractivity contribution in [3.63, 3.8) is 0 Å². The van der Waals surface area contributed by atoms with Crippen molar-refractivity contribution in [3.05, 3.63) is 47.7 Å². The molecular formula is C42H50F2N6O5. The number of carbonyl (C=O) groups excluding carboxylic acids is 1. The number of fused-ring (bicyclic) bond motifs is 3. The minimum absolute atomic E-state index is 0.0150. The molecule has 292 valence electrons. The lowest BCUT2D eigenvalue weighted by Crippen LogP contribution is -2.55. The van der Waals surface area contributed by atoms with E-state index in [2.05, 4.69) is 31.0 Å². The first kappa shape index (κ1) is 38.5. The number of aromatic nitrogens is 3. The number of ether oxygens (including phenoxy) is 3. The van der Waals surface area contributed by atoms with Gasteiger partial charge in [0.2, 0.25) is 0 Å². The van der Waals surface area contributed by atoms with E-state index < -0.39 is 11.6 Å². The summed E-state index contributed by atoms with van der Waals surface area (Å²) in [4.78, 5) is 30.4. The number of nitrogens with zero attached hydrogens (tertiary/aromatic N) is 5. The van der Waals surface area contributed by atoms with E-state index in [-0.39, 0.29) is 57.0 Å². The summed E-state index contributed by atoms with van der Waals surface area (Å²) in [5.41, 5.74) is -0.0726. The highest BCUT2D eigenvalue weighted by molar-refractivity contribution is 6.03. The first-order chi connectivity index (χ1) is 26.8. The van der Waals surface area contributed by atoms with E-state index in [4.69, 9.17) is 25.6 Å². The van der Waals surface area contributed by atoms with Gasteiger partial charge in [-0.15, -0.1) is 6.42 Å². The molecule has 2 unspecified atom stereocenters. The summed E-state index contributed by atoms with van der Waals surface area (Å²) in [5, 5.41) is 14.7. The maximum atomic E-state index is 17.0. The number of phenols is 1. The zero-order chi connectivity index (χ0) is 38.7. The number of likely N-dealkylation sites (tertiary alicyclic amines) is 1. The average molecular weight is 757 g/mol. The number of piperidine rings is 1. The number of hydrogen-bond donors (Lipinski definition) is 2. The van der Waals surface area contributed by atoms with Gasteiger partial charge in [0.05, 0.1) is 31.3 Å². The fourth-order valence-corrected chi connectivity index (χ4v) is 9.22. The molecule has 8 rings (SSSR count). The summed E-state index contributed by atoms with van der Waals surface area (Å²) in [7, 11) is 1.39. The molecule has 2 aromatic heterocycles. The van der Waals surface area contributed by atoms with E-state index in [0.29, 0.717) is 61.5 Å². The summed E-state index contributed by atoms with van der Waals surface area (Å²) in [6.45, 7) is 8.72. The molecule has 4 heterocycles. The highest BCUT2D eigenvalue weighted by Crippen LogP contribution is 2.49. The lowest BCUT2D eigenvalue weighted by molar-refractivity contribution is -0.0162. The molecule has 4 aromatic rings. The van der Waals surface area contributed by atoms with Gasteiger partial charge < -0.3 is 29.5 Å². The monoisotopic (exact) mass is 756 g/mol. The topological polar surface area (TPSA) is 122 Å². The molecule has 4 fully saturated rings. The number of carbonyl (C=O) groups is 1. The number of nitrogens with one attached hydrogen (secondary N) is 1. The molecule has 0 radical (unpaired) electrons. The van der Waals surface area contributed by atoms with Crippen LogP contribution in [0.1, 0.15) is 70.8 Å². The molecule has 2 saturated heterocycles. The number of terminal acetylenes is 1. The molecule has 0 bridgehead atoms. The van der Waals surface area contributed by atoms with Crippen LogP contribution in [0.2, 0.25) is 0 Å². The Kier molecular flexibility index (Phi) is 11.6. The van der Waals surface area contributed by atoms with Gasteiger partial charge in [0.15, 0.2) is 5.82 Å². The first-order valence-corrected chi connectivity index (χ1v) is 19.6. The molecule has 0 spiro atoms. The second kappa shape index (κ2) is 16.5. The number of anilines is 1. The number of benzene rings is 2. The van der Waals surface area contributed by atoms with Crippen molar-refractivity contribution in [1.29, 1.82) is 0 Å². The summed E-state index contributed by atoms with van der Waals surface area (Å²) in [6.07, 6.45) is 14.8. The normalized spacial score (nSPS) is 23.9. The lowest BCUT2D eigenvalue weighted by Gasteiger charge is -2.49. The lowest BCUT2D eigenvalue weighted by atomic mass is 9.74. The van der Waals surface area contributed by atoms with E-state index in [1.807, 2.05) is 13.8 Å². The Morgan fingerprint density at radius 1 is 1.11 bits per heavy atom. The predicted molar refractivity (Wildman–Crippen MR) is 207 cm³/mol. The molecule has 2 N–H and O–H groups in total. The Balaban J connectivity index is 0.00000229. The number of pyridine rings is 1. The fourth-order valence-electron chi connectivity index (χ4n) is 9.22. The molecule has 4 aliphatic rings. The number of amides is 1. The second-order valence-electron chi connectivity index (χ2n) is 15.0. The third kappa shape index (κ3) is 7.59. The van der Waals surface area contributed by atoms with Crippen LogP contribution >= 0.6 is 0 Å². The SMILES string of the molecule is C#Cc1c(F)ccc2cc(O)cc(-c3ncc4c(N5CCCOCC5)nc(OCC56CCCC5N(CC5CC(NC(=O)OC)C5)CCC6)nc4c3F)c12.CC. The minimum Gasteiger partial charge on any atom is -0.508 e. The molecule has 55 heavy (non-hydrogen) atoms.